The zero-order valence-electron chi connectivity index (χ0n) is 9.45. The topological polar surface area (TPSA) is 67.6 Å². The maximum atomic E-state index is 8.57. The summed E-state index contributed by atoms with van der Waals surface area (Å²) >= 11 is 0. The normalized spacial score (nSPS) is 10.3. The second-order valence-electron chi connectivity index (χ2n) is 3.41. The molecule has 0 aliphatic heterocycles. The molecule has 1 heterocycles. The Morgan fingerprint density at radius 1 is 1.40 bits per heavy atom. The van der Waals surface area contributed by atoms with E-state index in [-0.39, 0.29) is 0 Å². The van der Waals surface area contributed by atoms with Crippen LogP contribution in [-0.2, 0) is 25.9 Å². The summed E-state index contributed by atoms with van der Waals surface area (Å²) in [5.41, 5.74) is 9.15. The van der Waals surface area contributed by atoms with Crippen molar-refractivity contribution in [2.45, 2.75) is 46.2 Å². The molecule has 1 rings (SSSR count). The molecular weight excluding hydrogens is 188 g/mol. The van der Waals surface area contributed by atoms with Crippen molar-refractivity contribution in [3.05, 3.63) is 17.0 Å². The second-order valence-corrected chi connectivity index (χ2v) is 3.41. The summed E-state index contributed by atoms with van der Waals surface area (Å²) in [5, 5.41) is 13.1. The smallest absolute Gasteiger partial charge is 0.0669 e. The molecule has 0 aliphatic rings. The van der Waals surface area contributed by atoms with Gasteiger partial charge in [0, 0.05) is 17.8 Å². The van der Waals surface area contributed by atoms with Crippen LogP contribution < -0.4 is 5.73 Å². The third-order valence-electron chi connectivity index (χ3n) is 2.56. The Morgan fingerprint density at radius 3 is 2.60 bits per heavy atom. The van der Waals surface area contributed by atoms with Crippen molar-refractivity contribution < 1.29 is 0 Å². The Hall–Kier alpha value is -1.34. The van der Waals surface area contributed by atoms with Gasteiger partial charge in [0.05, 0.1) is 24.7 Å². The molecule has 0 saturated carbocycles. The molecule has 0 aliphatic carbocycles. The monoisotopic (exact) mass is 206 g/mol. The van der Waals surface area contributed by atoms with E-state index in [1.165, 1.54) is 5.69 Å². The first-order valence-corrected chi connectivity index (χ1v) is 5.42. The van der Waals surface area contributed by atoms with E-state index in [9.17, 15) is 0 Å². The summed E-state index contributed by atoms with van der Waals surface area (Å²) < 4.78 is 1.93. The SMILES string of the molecule is CCc1nn(CCC#N)c(CC)c1CN. The minimum Gasteiger partial charge on any atom is -0.326 e. The fraction of sp³-hybridized carbons (Fsp3) is 0.636. The van der Waals surface area contributed by atoms with Crippen LogP contribution in [0.4, 0.5) is 0 Å². The fourth-order valence-electron chi connectivity index (χ4n) is 1.85. The lowest BCUT2D eigenvalue weighted by Gasteiger charge is -2.04. The zero-order valence-corrected chi connectivity index (χ0v) is 9.45. The van der Waals surface area contributed by atoms with Crippen LogP contribution in [-0.4, -0.2) is 9.78 Å². The van der Waals surface area contributed by atoms with Gasteiger partial charge in [-0.3, -0.25) is 4.68 Å². The first kappa shape index (κ1) is 11.7. The highest BCUT2D eigenvalue weighted by molar-refractivity contribution is 5.26. The molecule has 1 aromatic heterocycles. The molecule has 0 amide bonds. The molecule has 0 unspecified atom stereocenters. The third-order valence-corrected chi connectivity index (χ3v) is 2.56. The van der Waals surface area contributed by atoms with Crippen molar-refractivity contribution >= 4 is 0 Å². The van der Waals surface area contributed by atoms with E-state index < -0.39 is 0 Å². The summed E-state index contributed by atoms with van der Waals surface area (Å²) in [6.07, 6.45) is 2.33. The number of aryl methyl sites for hydroxylation is 2. The van der Waals surface area contributed by atoms with Gasteiger partial charge >= 0.3 is 0 Å². The maximum absolute atomic E-state index is 8.57. The van der Waals surface area contributed by atoms with Crippen LogP contribution in [0.15, 0.2) is 0 Å². The van der Waals surface area contributed by atoms with Gasteiger partial charge < -0.3 is 5.73 Å². The molecule has 4 nitrogen and oxygen atoms in total. The van der Waals surface area contributed by atoms with E-state index in [1.807, 2.05) is 4.68 Å². The van der Waals surface area contributed by atoms with E-state index in [2.05, 4.69) is 25.0 Å². The van der Waals surface area contributed by atoms with Crippen molar-refractivity contribution in [2.24, 2.45) is 5.73 Å². The largest absolute Gasteiger partial charge is 0.326 e. The van der Waals surface area contributed by atoms with Crippen molar-refractivity contribution in [3.63, 3.8) is 0 Å². The van der Waals surface area contributed by atoms with Crippen LogP contribution in [0.3, 0.4) is 0 Å². The summed E-state index contributed by atoms with van der Waals surface area (Å²) in [7, 11) is 0. The number of nitrogens with two attached hydrogens (primary N) is 1. The average molecular weight is 206 g/mol. The van der Waals surface area contributed by atoms with Gasteiger partial charge in [0.15, 0.2) is 0 Å². The minimum absolute atomic E-state index is 0.502. The lowest BCUT2D eigenvalue weighted by atomic mass is 10.1. The fourth-order valence-corrected chi connectivity index (χ4v) is 1.85. The summed E-state index contributed by atoms with van der Waals surface area (Å²) in [6.45, 7) is 5.39. The Balaban J connectivity index is 3.05. The first-order valence-electron chi connectivity index (χ1n) is 5.42. The molecule has 1 aromatic rings. The summed E-state index contributed by atoms with van der Waals surface area (Å²) in [5.74, 6) is 0. The van der Waals surface area contributed by atoms with Gasteiger partial charge in [0.25, 0.3) is 0 Å². The van der Waals surface area contributed by atoms with E-state index >= 15 is 0 Å². The molecule has 82 valence electrons. The highest BCUT2D eigenvalue weighted by Crippen LogP contribution is 2.15. The van der Waals surface area contributed by atoms with Crippen molar-refractivity contribution in [2.75, 3.05) is 0 Å². The molecule has 0 fully saturated rings. The van der Waals surface area contributed by atoms with Gasteiger partial charge in [-0.25, -0.2) is 0 Å². The van der Waals surface area contributed by atoms with E-state index in [4.69, 9.17) is 11.0 Å². The quantitative estimate of drug-likeness (QED) is 0.791. The van der Waals surface area contributed by atoms with E-state index in [0.29, 0.717) is 19.5 Å². The molecule has 4 heteroatoms. The molecule has 0 saturated heterocycles. The number of hydrogen-bond donors (Lipinski definition) is 1. The lowest BCUT2D eigenvalue weighted by Crippen LogP contribution is -2.06. The molecule has 0 radical (unpaired) electrons. The minimum atomic E-state index is 0.502. The number of hydrogen-bond acceptors (Lipinski definition) is 3. The zero-order chi connectivity index (χ0) is 11.3. The van der Waals surface area contributed by atoms with Crippen molar-refractivity contribution in [1.29, 1.82) is 5.26 Å². The van der Waals surface area contributed by atoms with Crippen LogP contribution in [0.2, 0.25) is 0 Å². The van der Waals surface area contributed by atoms with Gasteiger partial charge in [-0.2, -0.15) is 10.4 Å². The summed E-state index contributed by atoms with van der Waals surface area (Å²) in [4.78, 5) is 0. The Bertz CT molecular complexity index is 359. The van der Waals surface area contributed by atoms with E-state index in [1.54, 1.807) is 0 Å². The van der Waals surface area contributed by atoms with E-state index in [0.717, 1.165) is 24.1 Å². The van der Waals surface area contributed by atoms with Crippen LogP contribution in [0.25, 0.3) is 0 Å². The number of nitriles is 1. The van der Waals surface area contributed by atoms with Crippen LogP contribution >= 0.6 is 0 Å². The molecule has 15 heavy (non-hydrogen) atoms. The first-order chi connectivity index (χ1) is 7.28. The molecule has 0 spiro atoms. The molecule has 0 atom stereocenters. The highest BCUT2D eigenvalue weighted by atomic mass is 15.3. The molecular formula is C11H18N4. The van der Waals surface area contributed by atoms with Crippen LogP contribution in [0.1, 0.15) is 37.2 Å². The molecule has 2 N–H and O–H groups in total. The Morgan fingerprint density at radius 2 is 2.13 bits per heavy atom. The highest BCUT2D eigenvalue weighted by Gasteiger charge is 2.13. The van der Waals surface area contributed by atoms with Gasteiger partial charge in [0.1, 0.15) is 0 Å². The van der Waals surface area contributed by atoms with Gasteiger partial charge in [0.2, 0.25) is 0 Å². The predicted molar refractivity (Wildman–Crippen MR) is 59.1 cm³/mol. The van der Waals surface area contributed by atoms with Gasteiger partial charge in [-0.05, 0) is 12.8 Å². The Labute approximate surface area is 90.7 Å². The number of nitrogens with zero attached hydrogens (tertiary/aromatic N) is 3. The second kappa shape index (κ2) is 5.52. The van der Waals surface area contributed by atoms with Crippen LogP contribution in [0.5, 0.6) is 0 Å². The van der Waals surface area contributed by atoms with Crippen molar-refractivity contribution in [1.82, 2.24) is 9.78 Å². The molecule has 0 aromatic carbocycles. The average Bonchev–Trinajstić information content (AvgIpc) is 2.62. The predicted octanol–water partition coefficient (Wildman–Crippen LogP) is 1.38. The maximum Gasteiger partial charge on any atom is 0.0669 e. The molecule has 0 bridgehead atoms. The summed E-state index contributed by atoms with van der Waals surface area (Å²) in [6, 6.07) is 2.14. The van der Waals surface area contributed by atoms with Gasteiger partial charge in [-0.15, -0.1) is 0 Å². The third kappa shape index (κ3) is 2.37. The standard InChI is InChI=1S/C11H18N4/c1-3-10-9(8-13)11(4-2)15(14-10)7-5-6-12/h3-5,7-8,13H2,1-2H3. The number of aromatic nitrogens is 2. The van der Waals surface area contributed by atoms with Gasteiger partial charge in [-0.1, -0.05) is 13.8 Å². The van der Waals surface area contributed by atoms with Crippen LogP contribution in [0, 0.1) is 11.3 Å². The number of rotatable bonds is 5. The Kier molecular flexibility index (Phi) is 4.32. The van der Waals surface area contributed by atoms with Crippen molar-refractivity contribution in [3.8, 4) is 6.07 Å². The lowest BCUT2D eigenvalue weighted by molar-refractivity contribution is 0.591.